The largest absolute Gasteiger partial charge is 0.311 e. The van der Waals surface area contributed by atoms with E-state index in [0.29, 0.717) is 12.3 Å². The number of fused-ring (bicyclic) bond motifs is 1. The van der Waals surface area contributed by atoms with Gasteiger partial charge in [-0.15, -0.1) is 0 Å². The number of hydrogen-bond acceptors (Lipinski definition) is 3. The van der Waals surface area contributed by atoms with Crippen molar-refractivity contribution in [3.05, 3.63) is 11.8 Å². The molecule has 21 heavy (non-hydrogen) atoms. The van der Waals surface area contributed by atoms with E-state index in [1.165, 1.54) is 37.7 Å². The maximum absolute atomic E-state index is 12.0. The maximum atomic E-state index is 12.0. The first-order valence-electron chi connectivity index (χ1n) is 8.12. The molecule has 1 aliphatic heterocycles. The molecule has 4 nitrogen and oxygen atoms in total. The molecule has 0 radical (unpaired) electrons. The Morgan fingerprint density at radius 2 is 2.19 bits per heavy atom. The summed E-state index contributed by atoms with van der Waals surface area (Å²) in [5, 5.41) is 7.64. The van der Waals surface area contributed by atoms with E-state index >= 15 is 0 Å². The fourth-order valence-electron chi connectivity index (χ4n) is 3.62. The van der Waals surface area contributed by atoms with Crippen molar-refractivity contribution in [2.75, 3.05) is 17.3 Å². The van der Waals surface area contributed by atoms with Gasteiger partial charge in [0.25, 0.3) is 0 Å². The Labute approximate surface area is 131 Å². The van der Waals surface area contributed by atoms with Crippen molar-refractivity contribution in [1.82, 2.24) is 9.78 Å². The van der Waals surface area contributed by atoms with Gasteiger partial charge in [-0.1, -0.05) is 19.3 Å². The quantitative estimate of drug-likeness (QED) is 0.903. The van der Waals surface area contributed by atoms with Crippen molar-refractivity contribution in [3.63, 3.8) is 0 Å². The number of anilines is 1. The molecule has 0 unspecified atom stereocenters. The molecule has 0 saturated heterocycles. The van der Waals surface area contributed by atoms with Crippen LogP contribution in [0.5, 0.6) is 0 Å². The molecule has 116 valence electrons. The second-order valence-electron chi connectivity index (χ2n) is 6.37. The molecule has 0 bridgehead atoms. The van der Waals surface area contributed by atoms with Crippen molar-refractivity contribution >= 4 is 23.5 Å². The second kappa shape index (κ2) is 6.86. The molecule has 5 heteroatoms. The topological polar surface area (TPSA) is 46.9 Å². The number of carbonyl (C=O) groups excluding carboxylic acids is 1. The Bertz CT molecular complexity index is 494. The normalized spacial score (nSPS) is 22.9. The lowest BCUT2D eigenvalue weighted by atomic mass is 9.89. The lowest BCUT2D eigenvalue weighted by Gasteiger charge is -2.25. The number of rotatable bonds is 5. The number of amides is 1. The van der Waals surface area contributed by atoms with Crippen LogP contribution in [0.3, 0.4) is 0 Å². The molecule has 1 N–H and O–H groups in total. The molecule has 1 saturated carbocycles. The first kappa shape index (κ1) is 14.9. The van der Waals surface area contributed by atoms with Gasteiger partial charge in [-0.2, -0.15) is 16.9 Å². The van der Waals surface area contributed by atoms with Gasteiger partial charge in [0.1, 0.15) is 5.82 Å². The van der Waals surface area contributed by atoms with Gasteiger partial charge in [0.2, 0.25) is 5.91 Å². The van der Waals surface area contributed by atoms with E-state index in [4.69, 9.17) is 0 Å². The minimum absolute atomic E-state index is 0.152. The highest BCUT2D eigenvalue weighted by Crippen LogP contribution is 2.36. The van der Waals surface area contributed by atoms with Crippen molar-refractivity contribution in [3.8, 4) is 0 Å². The van der Waals surface area contributed by atoms with Gasteiger partial charge in [-0.05, 0) is 43.1 Å². The van der Waals surface area contributed by atoms with Crippen LogP contribution in [-0.2, 0) is 11.3 Å². The van der Waals surface area contributed by atoms with Crippen molar-refractivity contribution in [2.45, 2.75) is 57.4 Å². The number of nitrogens with one attached hydrogen (secondary N) is 1. The third-order valence-corrected chi connectivity index (χ3v) is 5.47. The van der Waals surface area contributed by atoms with Crippen LogP contribution >= 0.6 is 11.8 Å². The fourth-order valence-corrected chi connectivity index (χ4v) is 4.14. The Kier molecular flexibility index (Phi) is 4.88. The molecular weight excluding hydrogens is 282 g/mol. The molecule has 1 fully saturated rings. The zero-order chi connectivity index (χ0) is 14.7. The van der Waals surface area contributed by atoms with Gasteiger partial charge < -0.3 is 5.32 Å². The first-order chi connectivity index (χ1) is 10.3. The van der Waals surface area contributed by atoms with Gasteiger partial charge in [0, 0.05) is 18.5 Å². The summed E-state index contributed by atoms with van der Waals surface area (Å²) in [4.78, 5) is 12.0. The number of nitrogens with zero attached hydrogens (tertiary/aromatic N) is 2. The van der Waals surface area contributed by atoms with Crippen molar-refractivity contribution in [2.24, 2.45) is 5.92 Å². The van der Waals surface area contributed by atoms with E-state index in [2.05, 4.69) is 21.4 Å². The summed E-state index contributed by atoms with van der Waals surface area (Å²) < 4.78 is 2.05. The summed E-state index contributed by atoms with van der Waals surface area (Å²) in [5.41, 5.74) is 1.25. The Morgan fingerprint density at radius 1 is 1.38 bits per heavy atom. The SMILES string of the molecule is CSCC[C@@H]1CC(=O)Nc2c1cnn2CC1CCCCC1. The van der Waals surface area contributed by atoms with E-state index in [0.717, 1.165) is 30.5 Å². The molecular formula is C16H25N3OS. The molecule has 1 aromatic rings. The van der Waals surface area contributed by atoms with Crippen molar-refractivity contribution < 1.29 is 4.79 Å². The van der Waals surface area contributed by atoms with Gasteiger partial charge in [0.05, 0.1) is 6.20 Å². The van der Waals surface area contributed by atoms with Crippen molar-refractivity contribution in [1.29, 1.82) is 0 Å². The Morgan fingerprint density at radius 3 is 2.95 bits per heavy atom. The van der Waals surface area contributed by atoms with Gasteiger partial charge >= 0.3 is 0 Å². The average Bonchev–Trinajstić information content (AvgIpc) is 2.89. The van der Waals surface area contributed by atoms with E-state index < -0.39 is 0 Å². The van der Waals surface area contributed by atoms with Crippen LogP contribution < -0.4 is 5.32 Å². The molecule has 3 rings (SSSR count). The minimum Gasteiger partial charge on any atom is -0.311 e. The first-order valence-corrected chi connectivity index (χ1v) is 9.52. The number of hydrogen-bond donors (Lipinski definition) is 1. The Hall–Kier alpha value is -0.970. The van der Waals surface area contributed by atoms with Gasteiger partial charge in [0.15, 0.2) is 0 Å². The fraction of sp³-hybridized carbons (Fsp3) is 0.750. The third-order valence-electron chi connectivity index (χ3n) is 4.82. The predicted molar refractivity (Wildman–Crippen MR) is 87.8 cm³/mol. The van der Waals surface area contributed by atoms with Crippen LogP contribution in [0.4, 0.5) is 5.82 Å². The van der Waals surface area contributed by atoms with E-state index in [-0.39, 0.29) is 5.91 Å². The molecule has 1 aromatic heterocycles. The standard InChI is InChI=1S/C16H25N3OS/c1-21-8-7-13-9-15(20)18-16-14(13)10-17-19(16)11-12-5-3-2-4-6-12/h10,12-13H,2-9,11H2,1H3,(H,18,20)/t13-/m1/s1. The second-order valence-corrected chi connectivity index (χ2v) is 7.35. The minimum atomic E-state index is 0.152. The monoisotopic (exact) mass is 307 g/mol. The molecule has 0 aromatic carbocycles. The lowest BCUT2D eigenvalue weighted by Crippen LogP contribution is -2.26. The summed E-state index contributed by atoms with van der Waals surface area (Å²) in [7, 11) is 0. The predicted octanol–water partition coefficient (Wildman–Crippen LogP) is 3.64. The highest BCUT2D eigenvalue weighted by molar-refractivity contribution is 7.98. The van der Waals surface area contributed by atoms with E-state index in [1.807, 2.05) is 18.0 Å². The summed E-state index contributed by atoms with van der Waals surface area (Å²) in [6.07, 6.45) is 12.5. The molecule has 1 amide bonds. The number of carbonyl (C=O) groups is 1. The van der Waals surface area contributed by atoms with Crippen LogP contribution in [0.25, 0.3) is 0 Å². The molecule has 2 aliphatic rings. The molecule has 0 spiro atoms. The average molecular weight is 307 g/mol. The zero-order valence-corrected chi connectivity index (χ0v) is 13.6. The third kappa shape index (κ3) is 3.44. The summed E-state index contributed by atoms with van der Waals surface area (Å²) in [5.74, 6) is 3.31. The number of aromatic nitrogens is 2. The smallest absolute Gasteiger partial charge is 0.226 e. The highest BCUT2D eigenvalue weighted by Gasteiger charge is 2.29. The molecule has 1 atom stereocenters. The van der Waals surface area contributed by atoms with E-state index in [9.17, 15) is 4.79 Å². The van der Waals surface area contributed by atoms with Crippen LogP contribution in [0.1, 0.15) is 56.4 Å². The summed E-state index contributed by atoms with van der Waals surface area (Å²) in [6, 6.07) is 0. The Balaban J connectivity index is 1.74. The highest BCUT2D eigenvalue weighted by atomic mass is 32.2. The lowest BCUT2D eigenvalue weighted by molar-refractivity contribution is -0.116. The zero-order valence-electron chi connectivity index (χ0n) is 12.8. The van der Waals surface area contributed by atoms with Crippen LogP contribution in [0, 0.1) is 5.92 Å². The summed E-state index contributed by atoms with van der Waals surface area (Å²) in [6.45, 7) is 0.963. The summed E-state index contributed by atoms with van der Waals surface area (Å²) >= 11 is 1.85. The molecule has 1 aliphatic carbocycles. The molecule has 2 heterocycles. The number of thioether (sulfide) groups is 1. The maximum Gasteiger partial charge on any atom is 0.226 e. The van der Waals surface area contributed by atoms with Crippen LogP contribution in [0.15, 0.2) is 6.20 Å². The van der Waals surface area contributed by atoms with E-state index in [1.54, 1.807) is 0 Å². The van der Waals surface area contributed by atoms with Crippen LogP contribution in [0.2, 0.25) is 0 Å². The van der Waals surface area contributed by atoms with Gasteiger partial charge in [-0.3, -0.25) is 4.79 Å². The van der Waals surface area contributed by atoms with Crippen LogP contribution in [-0.4, -0.2) is 27.7 Å². The van der Waals surface area contributed by atoms with Gasteiger partial charge in [-0.25, -0.2) is 4.68 Å².